The van der Waals surface area contributed by atoms with E-state index < -0.39 is 5.91 Å². The van der Waals surface area contributed by atoms with Crippen molar-refractivity contribution in [2.75, 3.05) is 33.9 Å². The van der Waals surface area contributed by atoms with Crippen molar-refractivity contribution in [3.8, 4) is 5.75 Å². The Balaban J connectivity index is 2.53. The summed E-state index contributed by atoms with van der Waals surface area (Å²) in [5.41, 5.74) is 0.169. The number of carbonyl (C=O) groups is 2. The summed E-state index contributed by atoms with van der Waals surface area (Å²) in [7, 11) is 2.93. The second-order valence-corrected chi connectivity index (χ2v) is 5.10. The molecule has 122 valence electrons. The van der Waals surface area contributed by atoms with Crippen LogP contribution in [0.1, 0.15) is 16.8 Å². The molecule has 0 bridgehead atoms. The number of benzene rings is 1. The molecule has 1 aromatic rings. The van der Waals surface area contributed by atoms with Gasteiger partial charge in [0.05, 0.1) is 23.8 Å². The number of rotatable bonds is 8. The number of ether oxygens (including phenoxy) is 2. The van der Waals surface area contributed by atoms with Gasteiger partial charge in [-0.2, -0.15) is 0 Å². The standard InChI is InChI=1S/C14H18Cl2N2O4/c1-21-8-5-11(19)17-6-7-18-14(20)12-9(15)3-4-10(16)13(12)22-2/h3-4H,5-8H2,1-2H3,(H,17,19)(H,18,20). The van der Waals surface area contributed by atoms with Crippen LogP contribution in [0.5, 0.6) is 5.75 Å². The molecule has 2 N–H and O–H groups in total. The maximum Gasteiger partial charge on any atom is 0.256 e. The van der Waals surface area contributed by atoms with Crippen molar-refractivity contribution in [1.82, 2.24) is 10.6 Å². The highest BCUT2D eigenvalue weighted by molar-refractivity contribution is 6.37. The van der Waals surface area contributed by atoms with E-state index in [1.807, 2.05) is 0 Å². The first-order valence-electron chi connectivity index (χ1n) is 6.57. The average Bonchev–Trinajstić information content (AvgIpc) is 2.51. The first-order chi connectivity index (χ1) is 10.5. The van der Waals surface area contributed by atoms with E-state index in [0.717, 1.165) is 0 Å². The summed E-state index contributed by atoms with van der Waals surface area (Å²) in [5.74, 6) is -0.347. The summed E-state index contributed by atoms with van der Waals surface area (Å²) in [6.45, 7) is 0.909. The summed E-state index contributed by atoms with van der Waals surface area (Å²) in [5, 5.41) is 5.84. The normalized spacial score (nSPS) is 10.2. The Morgan fingerprint density at radius 3 is 2.36 bits per heavy atom. The zero-order valence-corrected chi connectivity index (χ0v) is 13.9. The van der Waals surface area contributed by atoms with E-state index in [0.29, 0.717) is 18.2 Å². The van der Waals surface area contributed by atoms with Crippen LogP contribution in [0.2, 0.25) is 10.0 Å². The number of hydrogen-bond acceptors (Lipinski definition) is 4. The van der Waals surface area contributed by atoms with Crippen molar-refractivity contribution in [3.05, 3.63) is 27.7 Å². The highest BCUT2D eigenvalue weighted by Gasteiger charge is 2.19. The van der Waals surface area contributed by atoms with Gasteiger partial charge in [-0.15, -0.1) is 0 Å². The molecule has 0 heterocycles. The quantitative estimate of drug-likeness (QED) is 0.703. The molecule has 0 atom stereocenters. The van der Waals surface area contributed by atoms with Crippen LogP contribution in [0, 0.1) is 0 Å². The van der Waals surface area contributed by atoms with Gasteiger partial charge in [-0.3, -0.25) is 9.59 Å². The maximum atomic E-state index is 12.1. The van der Waals surface area contributed by atoms with E-state index in [4.69, 9.17) is 32.7 Å². The Morgan fingerprint density at radius 1 is 1.09 bits per heavy atom. The van der Waals surface area contributed by atoms with Gasteiger partial charge in [-0.05, 0) is 12.1 Å². The monoisotopic (exact) mass is 348 g/mol. The Labute approximate surface area is 139 Å². The Hall–Kier alpha value is -1.50. The van der Waals surface area contributed by atoms with E-state index >= 15 is 0 Å². The Bertz CT molecular complexity index is 538. The molecule has 1 aromatic carbocycles. The number of hydrogen-bond donors (Lipinski definition) is 2. The number of halogens is 2. The molecule has 8 heteroatoms. The van der Waals surface area contributed by atoms with Gasteiger partial charge < -0.3 is 20.1 Å². The SMILES string of the molecule is COCCC(=O)NCCNC(=O)c1c(Cl)ccc(Cl)c1OC. The topological polar surface area (TPSA) is 76.7 Å². The molecule has 0 saturated heterocycles. The highest BCUT2D eigenvalue weighted by atomic mass is 35.5. The minimum Gasteiger partial charge on any atom is -0.494 e. The molecule has 0 radical (unpaired) electrons. The predicted octanol–water partition coefficient (Wildman–Crippen LogP) is 1.88. The van der Waals surface area contributed by atoms with Crippen molar-refractivity contribution >= 4 is 35.0 Å². The molecule has 0 aliphatic carbocycles. The molecule has 0 unspecified atom stereocenters. The van der Waals surface area contributed by atoms with Gasteiger partial charge in [-0.1, -0.05) is 23.2 Å². The van der Waals surface area contributed by atoms with Crippen LogP contribution >= 0.6 is 23.2 Å². The summed E-state index contributed by atoms with van der Waals surface area (Å²) in [6.07, 6.45) is 0.276. The van der Waals surface area contributed by atoms with Gasteiger partial charge in [0.2, 0.25) is 5.91 Å². The lowest BCUT2D eigenvalue weighted by molar-refractivity contribution is -0.121. The van der Waals surface area contributed by atoms with Crippen molar-refractivity contribution in [2.45, 2.75) is 6.42 Å². The minimum atomic E-state index is -0.421. The van der Waals surface area contributed by atoms with Crippen molar-refractivity contribution < 1.29 is 19.1 Å². The molecule has 0 saturated carbocycles. The van der Waals surface area contributed by atoms with Crippen LogP contribution in [0.3, 0.4) is 0 Å². The first kappa shape index (κ1) is 18.5. The van der Waals surface area contributed by atoms with Gasteiger partial charge >= 0.3 is 0 Å². The van der Waals surface area contributed by atoms with Crippen LogP contribution in [0.4, 0.5) is 0 Å². The second-order valence-electron chi connectivity index (χ2n) is 4.29. The molecule has 0 spiro atoms. The van der Waals surface area contributed by atoms with Gasteiger partial charge in [0.15, 0.2) is 5.75 Å². The number of methoxy groups -OCH3 is 2. The molecule has 1 rings (SSSR count). The summed E-state index contributed by atoms with van der Waals surface area (Å²) >= 11 is 12.0. The largest absolute Gasteiger partial charge is 0.494 e. The molecular weight excluding hydrogens is 331 g/mol. The van der Waals surface area contributed by atoms with E-state index in [-0.39, 0.29) is 35.2 Å². The number of nitrogens with one attached hydrogen (secondary N) is 2. The third-order valence-corrected chi connectivity index (χ3v) is 3.37. The summed E-state index contributed by atoms with van der Waals surface area (Å²) in [6, 6.07) is 3.07. The molecule has 0 aliphatic rings. The fourth-order valence-corrected chi connectivity index (χ4v) is 2.16. The van der Waals surface area contributed by atoms with E-state index in [1.54, 1.807) is 6.07 Å². The van der Waals surface area contributed by atoms with Crippen LogP contribution in [0.25, 0.3) is 0 Å². The lowest BCUT2D eigenvalue weighted by atomic mass is 10.2. The average molecular weight is 349 g/mol. The second kappa shape index (κ2) is 9.50. The lowest BCUT2D eigenvalue weighted by Crippen LogP contribution is -2.35. The zero-order valence-electron chi connectivity index (χ0n) is 12.4. The Kier molecular flexibility index (Phi) is 8.01. The Morgan fingerprint density at radius 2 is 1.73 bits per heavy atom. The van der Waals surface area contributed by atoms with Crippen LogP contribution < -0.4 is 15.4 Å². The summed E-state index contributed by atoms with van der Waals surface area (Å²) in [4.78, 5) is 23.5. The third-order valence-electron chi connectivity index (χ3n) is 2.76. The number of amides is 2. The van der Waals surface area contributed by atoms with Gasteiger partial charge in [0.1, 0.15) is 5.56 Å². The van der Waals surface area contributed by atoms with E-state index in [2.05, 4.69) is 10.6 Å². The molecule has 0 fully saturated rings. The summed E-state index contributed by atoms with van der Waals surface area (Å²) < 4.78 is 9.90. The van der Waals surface area contributed by atoms with Crippen LogP contribution in [0.15, 0.2) is 12.1 Å². The first-order valence-corrected chi connectivity index (χ1v) is 7.32. The lowest BCUT2D eigenvalue weighted by Gasteiger charge is -2.12. The minimum absolute atomic E-state index is 0.144. The maximum absolute atomic E-state index is 12.1. The zero-order chi connectivity index (χ0) is 16.5. The van der Waals surface area contributed by atoms with Crippen molar-refractivity contribution in [1.29, 1.82) is 0 Å². The predicted molar refractivity (Wildman–Crippen MR) is 84.8 cm³/mol. The molecule has 6 nitrogen and oxygen atoms in total. The van der Waals surface area contributed by atoms with E-state index in [9.17, 15) is 9.59 Å². The fourth-order valence-electron chi connectivity index (χ4n) is 1.69. The van der Waals surface area contributed by atoms with Gasteiger partial charge in [0.25, 0.3) is 5.91 Å². The smallest absolute Gasteiger partial charge is 0.256 e. The third kappa shape index (κ3) is 5.36. The number of carbonyl (C=O) groups excluding carboxylic acids is 2. The molecule has 22 heavy (non-hydrogen) atoms. The van der Waals surface area contributed by atoms with Crippen molar-refractivity contribution in [2.24, 2.45) is 0 Å². The van der Waals surface area contributed by atoms with Crippen LogP contribution in [-0.4, -0.2) is 45.7 Å². The van der Waals surface area contributed by atoms with Gasteiger partial charge in [-0.25, -0.2) is 0 Å². The molecule has 2 amide bonds. The van der Waals surface area contributed by atoms with E-state index in [1.165, 1.54) is 20.3 Å². The van der Waals surface area contributed by atoms with Crippen molar-refractivity contribution in [3.63, 3.8) is 0 Å². The molecular formula is C14H18Cl2N2O4. The fraction of sp³-hybridized carbons (Fsp3) is 0.429. The highest BCUT2D eigenvalue weighted by Crippen LogP contribution is 2.33. The van der Waals surface area contributed by atoms with Crippen LogP contribution in [-0.2, 0) is 9.53 Å². The molecule has 0 aliphatic heterocycles. The van der Waals surface area contributed by atoms with Gasteiger partial charge in [0, 0.05) is 26.6 Å². The molecule has 0 aromatic heterocycles.